The Balaban J connectivity index is 3.02. The maximum Gasteiger partial charge on any atom is 0.325 e. The first-order valence-electron chi connectivity index (χ1n) is 8.25. The van der Waals surface area contributed by atoms with Gasteiger partial charge in [0.25, 0.3) is 0 Å². The first-order valence-corrected chi connectivity index (χ1v) is 9.80. The Hall–Kier alpha value is -1.89. The van der Waals surface area contributed by atoms with Gasteiger partial charge < -0.3 is 9.47 Å². The fourth-order valence-electron chi connectivity index (χ4n) is 1.91. The molecule has 0 heterocycles. The van der Waals surface area contributed by atoms with Gasteiger partial charge in [0.05, 0.1) is 24.5 Å². The van der Waals surface area contributed by atoms with Gasteiger partial charge in [0.15, 0.2) is 15.1 Å². The van der Waals surface area contributed by atoms with E-state index in [1.165, 1.54) is 12.1 Å². The van der Waals surface area contributed by atoms with Crippen LogP contribution in [-0.4, -0.2) is 38.8 Å². The van der Waals surface area contributed by atoms with Crippen LogP contribution in [0.5, 0.6) is 0 Å². The van der Waals surface area contributed by atoms with Gasteiger partial charge >= 0.3 is 11.9 Å². The number of carbonyl (C=O) groups is 2. The molecule has 0 N–H and O–H groups in total. The van der Waals surface area contributed by atoms with E-state index in [0.717, 1.165) is 0 Å². The third kappa shape index (κ3) is 6.86. The molecule has 140 valence electrons. The summed E-state index contributed by atoms with van der Waals surface area (Å²) in [6, 6.07) is 7.55. The smallest absolute Gasteiger partial charge is 0.325 e. The highest BCUT2D eigenvalue weighted by Crippen LogP contribution is 2.20. The molecule has 0 amide bonds. The predicted octanol–water partition coefficient (Wildman–Crippen LogP) is 2.62. The highest BCUT2D eigenvalue weighted by atomic mass is 32.2. The van der Waals surface area contributed by atoms with E-state index in [4.69, 9.17) is 9.47 Å². The summed E-state index contributed by atoms with van der Waals surface area (Å²) < 4.78 is 35.7. The lowest BCUT2D eigenvalue weighted by Crippen LogP contribution is -2.35. The summed E-state index contributed by atoms with van der Waals surface area (Å²) in [5.74, 6) is -1.50. The molecule has 0 aliphatic rings. The van der Waals surface area contributed by atoms with Crippen molar-refractivity contribution in [2.45, 2.75) is 44.3 Å². The number of benzene rings is 1. The highest BCUT2D eigenvalue weighted by Gasteiger charge is 2.38. The van der Waals surface area contributed by atoms with Crippen LogP contribution in [0.1, 0.15) is 34.1 Å². The average molecular weight is 370 g/mol. The minimum Gasteiger partial charge on any atom is -0.465 e. The lowest BCUT2D eigenvalue weighted by molar-refractivity contribution is -0.151. The largest absolute Gasteiger partial charge is 0.465 e. The molecule has 25 heavy (non-hydrogen) atoms. The van der Waals surface area contributed by atoms with Crippen LogP contribution in [0.3, 0.4) is 0 Å². The Morgan fingerprint density at radius 1 is 0.920 bits per heavy atom. The number of rotatable bonds is 9. The van der Waals surface area contributed by atoms with Crippen molar-refractivity contribution in [3.05, 3.63) is 30.3 Å². The van der Waals surface area contributed by atoms with Gasteiger partial charge in [-0.25, -0.2) is 8.42 Å². The first-order chi connectivity index (χ1) is 11.6. The number of hydrogen-bond acceptors (Lipinski definition) is 6. The summed E-state index contributed by atoms with van der Waals surface area (Å²) in [5.41, 5.74) is 0. The molecule has 0 saturated carbocycles. The third-order valence-corrected chi connectivity index (χ3v) is 5.24. The molecule has 0 aromatic heterocycles. The van der Waals surface area contributed by atoms with Crippen LogP contribution in [0.15, 0.2) is 35.2 Å². The maximum absolute atomic E-state index is 12.8. The molecule has 0 spiro atoms. The van der Waals surface area contributed by atoms with E-state index >= 15 is 0 Å². The molecule has 6 nitrogen and oxygen atoms in total. The van der Waals surface area contributed by atoms with Gasteiger partial charge in [0.2, 0.25) is 0 Å². The van der Waals surface area contributed by atoms with Crippen LogP contribution < -0.4 is 0 Å². The minimum atomic E-state index is -4.06. The van der Waals surface area contributed by atoms with Gasteiger partial charge in [0.1, 0.15) is 0 Å². The van der Waals surface area contributed by atoms with E-state index in [0.29, 0.717) is 0 Å². The zero-order chi connectivity index (χ0) is 19.0. The zero-order valence-electron chi connectivity index (χ0n) is 15.1. The van der Waals surface area contributed by atoms with Gasteiger partial charge in [-0.3, -0.25) is 9.59 Å². The lowest BCUT2D eigenvalue weighted by atomic mass is 10.2. The Bertz CT molecular complexity index is 664. The Morgan fingerprint density at radius 2 is 1.44 bits per heavy atom. The van der Waals surface area contributed by atoms with Crippen molar-refractivity contribution in [2.75, 3.05) is 13.2 Å². The van der Waals surface area contributed by atoms with Gasteiger partial charge in [-0.1, -0.05) is 45.9 Å². The Labute approximate surface area is 149 Å². The van der Waals surface area contributed by atoms with Crippen molar-refractivity contribution >= 4 is 21.8 Å². The second-order valence-electron chi connectivity index (χ2n) is 6.65. The summed E-state index contributed by atoms with van der Waals surface area (Å²) in [5, 5.41) is -1.62. The lowest BCUT2D eigenvalue weighted by Gasteiger charge is -2.17. The molecule has 0 radical (unpaired) electrons. The van der Waals surface area contributed by atoms with Crippen LogP contribution in [0.25, 0.3) is 0 Å². The number of carbonyl (C=O) groups excluding carboxylic acids is 2. The fraction of sp³-hybridized carbons (Fsp3) is 0.556. The molecule has 0 bridgehead atoms. The maximum atomic E-state index is 12.8. The van der Waals surface area contributed by atoms with Crippen molar-refractivity contribution < 1.29 is 27.5 Å². The van der Waals surface area contributed by atoms with E-state index in [1.807, 2.05) is 27.7 Å². The SMILES string of the molecule is CC(C)COC(=O)CC(C(=O)OCC(C)C)S(=O)(=O)c1ccccc1. The molecule has 0 aliphatic heterocycles. The van der Waals surface area contributed by atoms with Crippen LogP contribution >= 0.6 is 0 Å². The number of ether oxygens (including phenoxy) is 2. The second kappa shape index (κ2) is 9.56. The summed E-state index contributed by atoms with van der Waals surface area (Å²) in [6.45, 7) is 7.65. The van der Waals surface area contributed by atoms with Crippen molar-refractivity contribution in [3.63, 3.8) is 0 Å². The first kappa shape index (κ1) is 21.2. The monoisotopic (exact) mass is 370 g/mol. The van der Waals surface area contributed by atoms with Crippen molar-refractivity contribution in [1.82, 2.24) is 0 Å². The molecular formula is C18H26O6S. The van der Waals surface area contributed by atoms with Gasteiger partial charge in [-0.15, -0.1) is 0 Å². The second-order valence-corrected chi connectivity index (χ2v) is 8.78. The molecule has 7 heteroatoms. The molecule has 1 unspecified atom stereocenters. The van der Waals surface area contributed by atoms with Crippen LogP contribution in [0.2, 0.25) is 0 Å². The summed E-state index contributed by atoms with van der Waals surface area (Å²) in [4.78, 5) is 24.3. The highest BCUT2D eigenvalue weighted by molar-refractivity contribution is 7.92. The molecule has 0 aliphatic carbocycles. The Kier molecular flexibility index (Phi) is 8.09. The van der Waals surface area contributed by atoms with E-state index in [9.17, 15) is 18.0 Å². The van der Waals surface area contributed by atoms with Crippen molar-refractivity contribution in [2.24, 2.45) is 11.8 Å². The topological polar surface area (TPSA) is 86.7 Å². The average Bonchev–Trinajstić information content (AvgIpc) is 2.56. The predicted molar refractivity (Wildman–Crippen MR) is 93.6 cm³/mol. The zero-order valence-corrected chi connectivity index (χ0v) is 15.9. The van der Waals surface area contributed by atoms with Gasteiger partial charge in [-0.05, 0) is 24.0 Å². The molecule has 1 aromatic carbocycles. The molecule has 1 aromatic rings. The Morgan fingerprint density at radius 3 is 1.96 bits per heavy atom. The van der Waals surface area contributed by atoms with Crippen LogP contribution in [-0.2, 0) is 28.9 Å². The minimum absolute atomic E-state index is 0.0295. The van der Waals surface area contributed by atoms with Crippen molar-refractivity contribution in [1.29, 1.82) is 0 Å². The van der Waals surface area contributed by atoms with E-state index < -0.39 is 33.4 Å². The van der Waals surface area contributed by atoms with E-state index in [1.54, 1.807) is 18.2 Å². The molecular weight excluding hydrogens is 344 g/mol. The standard InChI is InChI=1S/C18H26O6S/c1-13(2)11-23-17(19)10-16(18(20)24-12-14(3)4)25(21,22)15-8-6-5-7-9-15/h5-9,13-14,16H,10-12H2,1-4H3. The van der Waals surface area contributed by atoms with Crippen molar-refractivity contribution in [3.8, 4) is 0 Å². The van der Waals surface area contributed by atoms with Gasteiger partial charge in [0, 0.05) is 0 Å². The van der Waals surface area contributed by atoms with Gasteiger partial charge in [-0.2, -0.15) is 0 Å². The number of hydrogen-bond donors (Lipinski definition) is 0. The normalized spacial score (nSPS) is 12.9. The summed E-state index contributed by atoms with van der Waals surface area (Å²) in [7, 11) is -4.06. The summed E-state index contributed by atoms with van der Waals surface area (Å²) >= 11 is 0. The molecule has 1 atom stereocenters. The molecule has 0 fully saturated rings. The fourth-order valence-corrected chi connectivity index (χ4v) is 3.45. The number of esters is 2. The van der Waals surface area contributed by atoms with Crippen LogP contribution in [0, 0.1) is 11.8 Å². The van der Waals surface area contributed by atoms with Crippen LogP contribution in [0.4, 0.5) is 0 Å². The molecule has 0 saturated heterocycles. The van der Waals surface area contributed by atoms with E-state index in [-0.39, 0.29) is 29.9 Å². The van der Waals surface area contributed by atoms with E-state index in [2.05, 4.69) is 0 Å². The summed E-state index contributed by atoms with van der Waals surface area (Å²) in [6.07, 6.45) is -0.569. The third-order valence-electron chi connectivity index (χ3n) is 3.20. The number of sulfone groups is 1. The quantitative estimate of drug-likeness (QED) is 0.621. The molecule has 1 rings (SSSR count).